The van der Waals surface area contributed by atoms with Gasteiger partial charge in [-0.1, -0.05) is 0 Å². The van der Waals surface area contributed by atoms with Crippen molar-refractivity contribution in [1.82, 2.24) is 15.0 Å². The van der Waals surface area contributed by atoms with Gasteiger partial charge >= 0.3 is 6.18 Å². The van der Waals surface area contributed by atoms with Crippen LogP contribution >= 0.6 is 11.3 Å². The highest BCUT2D eigenvalue weighted by Gasteiger charge is 2.34. The molecule has 0 fully saturated rings. The Bertz CT molecular complexity index is 508. The highest BCUT2D eigenvalue weighted by atomic mass is 32.1. The van der Waals surface area contributed by atoms with Crippen LogP contribution in [0.25, 0.3) is 10.7 Å². The van der Waals surface area contributed by atoms with Gasteiger partial charge in [0, 0.05) is 12.4 Å². The Morgan fingerprint density at radius 3 is 2.56 bits per heavy atom. The first-order valence-electron chi connectivity index (χ1n) is 4.09. The molecule has 0 saturated carbocycles. The molecule has 0 unspecified atom stereocenters. The molecule has 8 heteroatoms. The molecule has 0 aromatic carbocycles. The summed E-state index contributed by atoms with van der Waals surface area (Å²) < 4.78 is 36.8. The van der Waals surface area contributed by atoms with Gasteiger partial charge in [-0.25, -0.2) is 15.0 Å². The van der Waals surface area contributed by atoms with Gasteiger partial charge in [-0.15, -0.1) is 11.3 Å². The van der Waals surface area contributed by atoms with Crippen LogP contribution in [0.2, 0.25) is 0 Å². The largest absolute Gasteiger partial charge is 0.443 e. The number of nitrogens with two attached hydrogens (primary N) is 1. The van der Waals surface area contributed by atoms with Crippen molar-refractivity contribution in [1.29, 1.82) is 0 Å². The molecule has 16 heavy (non-hydrogen) atoms. The summed E-state index contributed by atoms with van der Waals surface area (Å²) in [5.41, 5.74) is 5.40. The molecular formula is C8H5F3N4S. The maximum atomic E-state index is 12.3. The number of nitrogen functional groups attached to an aromatic ring is 1. The number of hydrogen-bond donors (Lipinski definition) is 1. The molecule has 0 spiro atoms. The Morgan fingerprint density at radius 2 is 2.00 bits per heavy atom. The summed E-state index contributed by atoms with van der Waals surface area (Å²) in [5.74, 6) is 0.347. The van der Waals surface area contributed by atoms with Crippen molar-refractivity contribution >= 4 is 17.2 Å². The molecule has 0 aliphatic rings. The molecule has 0 amide bonds. The van der Waals surface area contributed by atoms with Crippen LogP contribution in [0, 0.1) is 0 Å². The Balaban J connectivity index is 2.39. The molecule has 0 aliphatic heterocycles. The van der Waals surface area contributed by atoms with Crippen molar-refractivity contribution in [2.24, 2.45) is 0 Å². The minimum atomic E-state index is -4.44. The lowest BCUT2D eigenvalue weighted by Gasteiger charge is -1.99. The van der Waals surface area contributed by atoms with E-state index in [1.54, 1.807) is 0 Å². The van der Waals surface area contributed by atoms with Crippen LogP contribution < -0.4 is 5.73 Å². The molecule has 2 N–H and O–H groups in total. The molecule has 0 saturated heterocycles. The van der Waals surface area contributed by atoms with E-state index in [0.717, 1.165) is 6.20 Å². The summed E-state index contributed by atoms with van der Waals surface area (Å²) in [6.45, 7) is 0. The van der Waals surface area contributed by atoms with Crippen molar-refractivity contribution in [2.75, 3.05) is 5.73 Å². The number of hydrogen-bond acceptors (Lipinski definition) is 5. The zero-order valence-electron chi connectivity index (χ0n) is 7.69. The second kappa shape index (κ2) is 3.71. The molecule has 2 heterocycles. The molecule has 4 nitrogen and oxygen atoms in total. The van der Waals surface area contributed by atoms with Crippen molar-refractivity contribution in [3.05, 3.63) is 23.5 Å². The first-order valence-corrected chi connectivity index (χ1v) is 4.90. The first kappa shape index (κ1) is 10.8. The predicted molar refractivity (Wildman–Crippen MR) is 52.6 cm³/mol. The maximum Gasteiger partial charge on any atom is 0.443 e. The van der Waals surface area contributed by atoms with Crippen LogP contribution in [0.5, 0.6) is 0 Å². The lowest BCUT2D eigenvalue weighted by molar-refractivity contribution is -0.137. The van der Waals surface area contributed by atoms with Gasteiger partial charge in [0.2, 0.25) is 0 Å². The van der Waals surface area contributed by atoms with Crippen molar-refractivity contribution in [3.8, 4) is 10.7 Å². The van der Waals surface area contributed by atoms with Crippen LogP contribution in [0.4, 0.5) is 19.0 Å². The van der Waals surface area contributed by atoms with Crippen LogP contribution in [-0.2, 0) is 6.18 Å². The summed E-state index contributed by atoms with van der Waals surface area (Å²) in [5, 5.41) is -0.923. The van der Waals surface area contributed by atoms with Crippen LogP contribution in [0.15, 0.2) is 18.5 Å². The second-order valence-electron chi connectivity index (χ2n) is 2.83. The van der Waals surface area contributed by atoms with Gasteiger partial charge in [0.25, 0.3) is 0 Å². The number of thiazole rings is 1. The van der Waals surface area contributed by atoms with Gasteiger partial charge in [0.1, 0.15) is 5.82 Å². The Hall–Kier alpha value is -1.70. The minimum Gasteiger partial charge on any atom is -0.384 e. The van der Waals surface area contributed by atoms with Gasteiger partial charge in [-0.3, -0.25) is 0 Å². The SMILES string of the molecule is Nc1ccnc(-c2cnc(C(F)(F)F)s2)n1. The molecule has 2 rings (SSSR count). The van der Waals surface area contributed by atoms with Gasteiger partial charge in [0.15, 0.2) is 10.8 Å². The van der Waals surface area contributed by atoms with Crippen LogP contribution in [0.1, 0.15) is 5.01 Å². The van der Waals surface area contributed by atoms with E-state index in [1.165, 1.54) is 12.3 Å². The van der Waals surface area contributed by atoms with E-state index in [0.29, 0.717) is 11.3 Å². The van der Waals surface area contributed by atoms with Crippen LogP contribution in [0.3, 0.4) is 0 Å². The third-order valence-corrected chi connectivity index (χ3v) is 2.68. The summed E-state index contributed by atoms with van der Waals surface area (Å²) >= 11 is 0.485. The fraction of sp³-hybridized carbons (Fsp3) is 0.125. The summed E-state index contributed by atoms with van der Waals surface area (Å²) in [4.78, 5) is 11.1. The average Bonchev–Trinajstić information content (AvgIpc) is 2.65. The number of aromatic nitrogens is 3. The minimum absolute atomic E-state index is 0.146. The van der Waals surface area contributed by atoms with E-state index in [-0.39, 0.29) is 16.5 Å². The number of halogens is 3. The highest BCUT2D eigenvalue weighted by molar-refractivity contribution is 7.15. The smallest absolute Gasteiger partial charge is 0.384 e. The zero-order valence-corrected chi connectivity index (χ0v) is 8.51. The fourth-order valence-electron chi connectivity index (χ4n) is 1.000. The highest BCUT2D eigenvalue weighted by Crippen LogP contribution is 2.35. The number of nitrogens with zero attached hydrogens (tertiary/aromatic N) is 3. The second-order valence-corrected chi connectivity index (χ2v) is 3.86. The summed E-state index contributed by atoms with van der Waals surface area (Å²) in [6.07, 6.45) is -1.98. The van der Waals surface area contributed by atoms with E-state index in [4.69, 9.17) is 5.73 Å². The van der Waals surface area contributed by atoms with E-state index < -0.39 is 11.2 Å². The molecule has 0 aliphatic carbocycles. The maximum absolute atomic E-state index is 12.3. The molecule has 84 valence electrons. The van der Waals surface area contributed by atoms with E-state index in [1.807, 2.05) is 0 Å². The molecule has 0 atom stereocenters. The molecular weight excluding hydrogens is 241 g/mol. The third-order valence-electron chi connectivity index (χ3n) is 1.65. The average molecular weight is 246 g/mol. The monoisotopic (exact) mass is 246 g/mol. The number of alkyl halides is 3. The Morgan fingerprint density at radius 1 is 1.25 bits per heavy atom. The van der Waals surface area contributed by atoms with E-state index in [2.05, 4.69) is 15.0 Å². The number of anilines is 1. The van der Waals surface area contributed by atoms with Gasteiger partial charge in [-0.2, -0.15) is 13.2 Å². The van der Waals surface area contributed by atoms with Crippen molar-refractivity contribution in [2.45, 2.75) is 6.18 Å². The standard InChI is InChI=1S/C8H5F3N4S/c9-8(10,11)7-14-3-4(16-7)6-13-2-1-5(12)15-6/h1-3H,(H2,12,13,15). The van der Waals surface area contributed by atoms with E-state index in [9.17, 15) is 13.2 Å². The van der Waals surface area contributed by atoms with Gasteiger partial charge < -0.3 is 5.73 Å². The van der Waals surface area contributed by atoms with Crippen LogP contribution in [-0.4, -0.2) is 15.0 Å². The normalized spacial score (nSPS) is 11.7. The summed E-state index contributed by atoms with van der Waals surface area (Å²) in [6, 6.07) is 1.45. The van der Waals surface area contributed by atoms with Gasteiger partial charge in [-0.05, 0) is 6.07 Å². The van der Waals surface area contributed by atoms with Crippen molar-refractivity contribution in [3.63, 3.8) is 0 Å². The summed E-state index contributed by atoms with van der Waals surface area (Å²) in [7, 11) is 0. The molecule has 2 aromatic heterocycles. The Kier molecular flexibility index (Phi) is 2.50. The number of rotatable bonds is 1. The molecule has 2 aromatic rings. The Labute approximate surface area is 92.0 Å². The first-order chi connectivity index (χ1) is 7.47. The fourth-order valence-corrected chi connectivity index (χ4v) is 1.72. The van der Waals surface area contributed by atoms with E-state index >= 15 is 0 Å². The lowest BCUT2D eigenvalue weighted by atomic mass is 10.5. The zero-order chi connectivity index (χ0) is 11.8. The quantitative estimate of drug-likeness (QED) is 0.837. The van der Waals surface area contributed by atoms with Gasteiger partial charge in [0.05, 0.1) is 4.88 Å². The molecule has 0 radical (unpaired) electrons. The lowest BCUT2D eigenvalue weighted by Crippen LogP contribution is -2.02. The van der Waals surface area contributed by atoms with Crippen molar-refractivity contribution < 1.29 is 13.2 Å². The third kappa shape index (κ3) is 2.11. The topological polar surface area (TPSA) is 64.7 Å². The molecule has 0 bridgehead atoms. The predicted octanol–water partition coefficient (Wildman–Crippen LogP) is 2.20.